The molecule has 142 valence electrons. The van der Waals surface area contributed by atoms with Crippen molar-refractivity contribution in [3.63, 3.8) is 0 Å². The minimum atomic E-state index is 0.672. The summed E-state index contributed by atoms with van der Waals surface area (Å²) in [5.74, 6) is 2.16. The van der Waals surface area contributed by atoms with E-state index in [0.717, 1.165) is 17.1 Å². The summed E-state index contributed by atoms with van der Waals surface area (Å²) in [6, 6.07) is 12.2. The molecule has 2 heterocycles. The van der Waals surface area contributed by atoms with E-state index in [9.17, 15) is 0 Å². The van der Waals surface area contributed by atoms with Crippen LogP contribution >= 0.6 is 0 Å². The van der Waals surface area contributed by atoms with Crippen molar-refractivity contribution < 1.29 is 9.47 Å². The molecule has 4 aromatic rings. The maximum absolute atomic E-state index is 5.39. The van der Waals surface area contributed by atoms with E-state index in [1.165, 1.54) is 16.7 Å². The van der Waals surface area contributed by atoms with Crippen molar-refractivity contribution in [3.8, 4) is 22.8 Å². The number of rotatable bonds is 5. The summed E-state index contributed by atoms with van der Waals surface area (Å²) in [7, 11) is 3.26. The largest absolute Gasteiger partial charge is 0.497 e. The van der Waals surface area contributed by atoms with Gasteiger partial charge < -0.3 is 9.47 Å². The van der Waals surface area contributed by atoms with Gasteiger partial charge in [0.2, 0.25) is 0 Å². The number of ether oxygens (including phenoxy) is 2. The standard InChI is InChI=1S/C22H22N4O2/c1-14-7-15(2)9-16(8-14)10-20-24-22-21(23-5-6-26(22)25-20)17-11-18(27-3)13-19(12-17)28-4/h5-9,11-13H,10H2,1-4H3. The van der Waals surface area contributed by atoms with Crippen molar-refractivity contribution in [1.82, 2.24) is 19.6 Å². The van der Waals surface area contributed by atoms with Crippen molar-refractivity contribution in [2.45, 2.75) is 20.3 Å². The normalized spacial score (nSPS) is 11.0. The highest BCUT2D eigenvalue weighted by molar-refractivity contribution is 5.75. The van der Waals surface area contributed by atoms with Gasteiger partial charge >= 0.3 is 0 Å². The Morgan fingerprint density at radius 1 is 0.893 bits per heavy atom. The zero-order valence-electron chi connectivity index (χ0n) is 16.4. The second-order valence-electron chi connectivity index (χ2n) is 6.85. The van der Waals surface area contributed by atoms with E-state index < -0.39 is 0 Å². The Morgan fingerprint density at radius 3 is 2.21 bits per heavy atom. The molecule has 2 aromatic heterocycles. The summed E-state index contributed by atoms with van der Waals surface area (Å²) in [5, 5.41) is 4.64. The Bertz CT molecular complexity index is 1110. The Kier molecular flexibility index (Phi) is 4.69. The first-order valence-electron chi connectivity index (χ1n) is 9.06. The average molecular weight is 374 g/mol. The van der Waals surface area contributed by atoms with Crippen LogP contribution in [0.15, 0.2) is 48.8 Å². The van der Waals surface area contributed by atoms with Crippen molar-refractivity contribution in [2.75, 3.05) is 14.2 Å². The van der Waals surface area contributed by atoms with Gasteiger partial charge in [0.1, 0.15) is 17.2 Å². The Hall–Kier alpha value is -3.41. The number of aromatic nitrogens is 4. The molecule has 0 aliphatic heterocycles. The molecular formula is C22H22N4O2. The monoisotopic (exact) mass is 374 g/mol. The Labute approximate surface area is 163 Å². The van der Waals surface area contributed by atoms with E-state index in [4.69, 9.17) is 14.5 Å². The average Bonchev–Trinajstić information content (AvgIpc) is 3.08. The number of hydrogen-bond donors (Lipinski definition) is 0. The molecule has 0 fully saturated rings. The Balaban J connectivity index is 1.77. The molecule has 0 aliphatic carbocycles. The molecule has 0 spiro atoms. The molecule has 0 unspecified atom stereocenters. The lowest BCUT2D eigenvalue weighted by Gasteiger charge is -2.08. The van der Waals surface area contributed by atoms with E-state index in [0.29, 0.717) is 23.6 Å². The first kappa shape index (κ1) is 18.0. The fourth-order valence-electron chi connectivity index (χ4n) is 3.44. The number of fused-ring (bicyclic) bond motifs is 1. The molecular weight excluding hydrogens is 352 g/mol. The summed E-state index contributed by atoms with van der Waals surface area (Å²) in [6.45, 7) is 4.21. The van der Waals surface area contributed by atoms with Gasteiger partial charge in [0.05, 0.1) is 14.2 Å². The SMILES string of the molecule is COc1cc(OC)cc(-c2nccn3nc(Cc4cc(C)cc(C)c4)nc23)c1. The minimum absolute atomic E-state index is 0.672. The summed E-state index contributed by atoms with van der Waals surface area (Å²) in [5.41, 5.74) is 5.99. The van der Waals surface area contributed by atoms with Crippen LogP contribution in [0.1, 0.15) is 22.5 Å². The van der Waals surface area contributed by atoms with Gasteiger partial charge in [0.15, 0.2) is 11.5 Å². The van der Waals surface area contributed by atoms with Crippen LogP contribution in [-0.4, -0.2) is 33.8 Å². The van der Waals surface area contributed by atoms with Crippen LogP contribution in [-0.2, 0) is 6.42 Å². The van der Waals surface area contributed by atoms with Crippen LogP contribution in [0.4, 0.5) is 0 Å². The van der Waals surface area contributed by atoms with Crippen LogP contribution < -0.4 is 9.47 Å². The highest BCUT2D eigenvalue weighted by Crippen LogP contribution is 2.30. The maximum Gasteiger partial charge on any atom is 0.181 e. The fourth-order valence-corrected chi connectivity index (χ4v) is 3.44. The third kappa shape index (κ3) is 3.53. The molecule has 0 saturated carbocycles. The topological polar surface area (TPSA) is 61.5 Å². The quantitative estimate of drug-likeness (QED) is 0.528. The number of benzene rings is 2. The third-order valence-electron chi connectivity index (χ3n) is 4.57. The van der Waals surface area contributed by atoms with Gasteiger partial charge in [-0.1, -0.05) is 29.3 Å². The predicted octanol–water partition coefficient (Wildman–Crippen LogP) is 4.02. The van der Waals surface area contributed by atoms with Gasteiger partial charge in [-0.3, -0.25) is 4.98 Å². The summed E-state index contributed by atoms with van der Waals surface area (Å²) >= 11 is 0. The maximum atomic E-state index is 5.39. The number of aryl methyl sites for hydroxylation is 2. The molecule has 0 aliphatic rings. The predicted molar refractivity (Wildman–Crippen MR) is 108 cm³/mol. The van der Waals surface area contributed by atoms with Crippen molar-refractivity contribution in [2.24, 2.45) is 0 Å². The van der Waals surface area contributed by atoms with E-state index >= 15 is 0 Å². The molecule has 28 heavy (non-hydrogen) atoms. The van der Waals surface area contributed by atoms with Crippen molar-refractivity contribution in [3.05, 3.63) is 71.3 Å². The van der Waals surface area contributed by atoms with Gasteiger partial charge in [-0.05, 0) is 31.5 Å². The van der Waals surface area contributed by atoms with Crippen LogP contribution in [0.5, 0.6) is 11.5 Å². The first-order valence-corrected chi connectivity index (χ1v) is 9.06. The summed E-state index contributed by atoms with van der Waals surface area (Å²) < 4.78 is 12.5. The fraction of sp³-hybridized carbons (Fsp3) is 0.227. The molecule has 6 heteroatoms. The van der Waals surface area contributed by atoms with Crippen LogP contribution in [0.3, 0.4) is 0 Å². The lowest BCUT2D eigenvalue weighted by atomic mass is 10.1. The molecule has 4 rings (SSSR count). The molecule has 0 bridgehead atoms. The zero-order chi connectivity index (χ0) is 19.7. The van der Waals surface area contributed by atoms with Crippen LogP contribution in [0.25, 0.3) is 16.9 Å². The lowest BCUT2D eigenvalue weighted by Crippen LogP contribution is -1.95. The van der Waals surface area contributed by atoms with Gasteiger partial charge in [-0.15, -0.1) is 0 Å². The highest BCUT2D eigenvalue weighted by atomic mass is 16.5. The second kappa shape index (κ2) is 7.31. The van der Waals surface area contributed by atoms with Crippen molar-refractivity contribution in [1.29, 1.82) is 0 Å². The molecule has 0 radical (unpaired) electrons. The van der Waals surface area contributed by atoms with Gasteiger partial charge in [-0.2, -0.15) is 5.10 Å². The number of hydrogen-bond acceptors (Lipinski definition) is 5. The van der Waals surface area contributed by atoms with E-state index in [2.05, 4.69) is 42.1 Å². The first-order chi connectivity index (χ1) is 13.6. The molecule has 0 saturated heterocycles. The van der Waals surface area contributed by atoms with Crippen LogP contribution in [0, 0.1) is 13.8 Å². The lowest BCUT2D eigenvalue weighted by molar-refractivity contribution is 0.394. The number of nitrogens with zero attached hydrogens (tertiary/aromatic N) is 4. The molecule has 0 atom stereocenters. The van der Waals surface area contributed by atoms with Gasteiger partial charge in [0.25, 0.3) is 0 Å². The molecule has 2 aromatic carbocycles. The van der Waals surface area contributed by atoms with E-state index in [1.54, 1.807) is 24.9 Å². The number of methoxy groups -OCH3 is 2. The molecule has 6 nitrogen and oxygen atoms in total. The Morgan fingerprint density at radius 2 is 1.57 bits per heavy atom. The van der Waals surface area contributed by atoms with E-state index in [-0.39, 0.29) is 0 Å². The van der Waals surface area contributed by atoms with Crippen LogP contribution in [0.2, 0.25) is 0 Å². The minimum Gasteiger partial charge on any atom is -0.497 e. The third-order valence-corrected chi connectivity index (χ3v) is 4.57. The summed E-state index contributed by atoms with van der Waals surface area (Å²) in [6.07, 6.45) is 4.21. The second-order valence-corrected chi connectivity index (χ2v) is 6.85. The molecule has 0 N–H and O–H groups in total. The zero-order valence-corrected chi connectivity index (χ0v) is 16.4. The molecule has 0 amide bonds. The van der Waals surface area contributed by atoms with Gasteiger partial charge in [0, 0.05) is 30.4 Å². The summed E-state index contributed by atoms with van der Waals surface area (Å²) in [4.78, 5) is 9.30. The van der Waals surface area contributed by atoms with E-state index in [1.807, 2.05) is 24.4 Å². The van der Waals surface area contributed by atoms with Gasteiger partial charge in [-0.25, -0.2) is 9.50 Å². The highest BCUT2D eigenvalue weighted by Gasteiger charge is 2.14. The smallest absolute Gasteiger partial charge is 0.181 e. The van der Waals surface area contributed by atoms with Crippen molar-refractivity contribution >= 4 is 5.65 Å².